The third-order valence-corrected chi connectivity index (χ3v) is 4.21. The molecule has 2 aliphatic heterocycles. The van der Waals surface area contributed by atoms with E-state index in [1.807, 2.05) is 0 Å². The Kier molecular flexibility index (Phi) is 5.66. The minimum Gasteiger partial charge on any atom is -0.354 e. The van der Waals surface area contributed by atoms with Crippen molar-refractivity contribution in [2.24, 2.45) is 5.92 Å². The monoisotopic (exact) mass is 321 g/mol. The Morgan fingerprint density at radius 2 is 1.91 bits per heavy atom. The molecule has 8 heteroatoms. The first-order valence-electron chi connectivity index (χ1n) is 7.72. The average molecular weight is 321 g/mol. The molecule has 0 aromatic carbocycles. The Labute approximate surface area is 127 Å². The molecule has 0 unspecified atom stereocenters. The van der Waals surface area contributed by atoms with Gasteiger partial charge >= 0.3 is 6.18 Å². The van der Waals surface area contributed by atoms with Gasteiger partial charge in [-0.15, -0.1) is 0 Å². The number of piperidine rings is 1. The lowest BCUT2D eigenvalue weighted by molar-refractivity contribution is -0.149. The summed E-state index contributed by atoms with van der Waals surface area (Å²) in [6, 6.07) is -0.511. The van der Waals surface area contributed by atoms with Crippen molar-refractivity contribution in [1.29, 1.82) is 0 Å². The first-order valence-corrected chi connectivity index (χ1v) is 7.72. The number of likely N-dealkylation sites (tertiary alicyclic amines) is 1. The average Bonchev–Trinajstić information content (AvgIpc) is 2.63. The molecule has 0 radical (unpaired) electrons. The predicted molar refractivity (Wildman–Crippen MR) is 74.0 cm³/mol. The fourth-order valence-electron chi connectivity index (χ4n) is 2.97. The van der Waals surface area contributed by atoms with Crippen molar-refractivity contribution in [2.75, 3.05) is 26.2 Å². The molecule has 0 aromatic heterocycles. The highest BCUT2D eigenvalue weighted by atomic mass is 19.4. The third-order valence-electron chi connectivity index (χ3n) is 4.21. The van der Waals surface area contributed by atoms with E-state index in [1.54, 1.807) is 0 Å². The van der Waals surface area contributed by atoms with Crippen LogP contribution in [0.4, 0.5) is 13.2 Å². The van der Waals surface area contributed by atoms with E-state index in [9.17, 15) is 22.8 Å². The molecule has 5 nitrogen and oxygen atoms in total. The second-order valence-electron chi connectivity index (χ2n) is 6.01. The van der Waals surface area contributed by atoms with Gasteiger partial charge in [-0.25, -0.2) is 0 Å². The summed E-state index contributed by atoms with van der Waals surface area (Å²) in [6.07, 6.45) is -1.02. The molecule has 2 aliphatic rings. The van der Waals surface area contributed by atoms with Crippen LogP contribution in [0.2, 0.25) is 0 Å². The van der Waals surface area contributed by atoms with E-state index >= 15 is 0 Å². The van der Waals surface area contributed by atoms with E-state index < -0.39 is 18.8 Å². The summed E-state index contributed by atoms with van der Waals surface area (Å²) in [4.78, 5) is 25.3. The lowest BCUT2D eigenvalue weighted by Gasteiger charge is -2.32. The molecule has 0 aliphatic carbocycles. The molecule has 22 heavy (non-hydrogen) atoms. The zero-order chi connectivity index (χ0) is 16.2. The van der Waals surface area contributed by atoms with Crippen molar-refractivity contribution in [3.63, 3.8) is 0 Å². The van der Waals surface area contributed by atoms with Gasteiger partial charge in [-0.3, -0.25) is 14.5 Å². The highest BCUT2D eigenvalue weighted by Gasteiger charge is 2.34. The van der Waals surface area contributed by atoms with Gasteiger partial charge in [-0.2, -0.15) is 13.2 Å². The topological polar surface area (TPSA) is 61.4 Å². The zero-order valence-electron chi connectivity index (χ0n) is 12.4. The maximum atomic E-state index is 12.3. The normalized spacial score (nSPS) is 25.4. The fourth-order valence-corrected chi connectivity index (χ4v) is 2.97. The number of amides is 2. The number of carbonyl (C=O) groups is 2. The number of carbonyl (C=O) groups excluding carboxylic acids is 2. The summed E-state index contributed by atoms with van der Waals surface area (Å²) in [7, 11) is 0. The van der Waals surface area contributed by atoms with E-state index in [2.05, 4.69) is 10.6 Å². The molecule has 0 bridgehead atoms. The number of nitrogens with one attached hydrogen (secondary N) is 2. The van der Waals surface area contributed by atoms with Gasteiger partial charge < -0.3 is 10.6 Å². The van der Waals surface area contributed by atoms with Crippen molar-refractivity contribution < 1.29 is 22.8 Å². The molecule has 2 fully saturated rings. The quantitative estimate of drug-likeness (QED) is 0.817. The number of alkyl halides is 3. The second kappa shape index (κ2) is 7.30. The van der Waals surface area contributed by atoms with E-state index in [4.69, 9.17) is 0 Å². The fraction of sp³-hybridized carbons (Fsp3) is 0.857. The van der Waals surface area contributed by atoms with Gasteiger partial charge in [0.15, 0.2) is 0 Å². The molecule has 0 aromatic rings. The summed E-state index contributed by atoms with van der Waals surface area (Å²) < 4.78 is 37.0. The summed E-state index contributed by atoms with van der Waals surface area (Å²) in [5.41, 5.74) is 0. The Morgan fingerprint density at radius 1 is 1.23 bits per heavy atom. The second-order valence-corrected chi connectivity index (χ2v) is 6.01. The predicted octanol–water partition coefficient (Wildman–Crippen LogP) is 1.05. The number of rotatable bonds is 3. The van der Waals surface area contributed by atoms with Gasteiger partial charge in [0, 0.05) is 12.5 Å². The van der Waals surface area contributed by atoms with Gasteiger partial charge in [-0.1, -0.05) is 0 Å². The first kappa shape index (κ1) is 17.1. The minimum absolute atomic E-state index is 0.166. The van der Waals surface area contributed by atoms with Crippen LogP contribution < -0.4 is 10.6 Å². The molecule has 1 atom stereocenters. The Hall–Kier alpha value is -1.31. The molecular weight excluding hydrogens is 299 g/mol. The Morgan fingerprint density at radius 3 is 2.55 bits per heavy atom. The molecule has 2 saturated heterocycles. The van der Waals surface area contributed by atoms with Crippen LogP contribution in [0.5, 0.6) is 0 Å². The van der Waals surface area contributed by atoms with Crippen LogP contribution in [0.3, 0.4) is 0 Å². The summed E-state index contributed by atoms with van der Waals surface area (Å²) in [5, 5.41) is 5.50. The summed E-state index contributed by atoms with van der Waals surface area (Å²) >= 11 is 0. The standard InChI is InChI=1S/C14H22F3N3O2/c15-14(16,17)9-20-7-4-10(5-8-20)12(21)19-11-3-1-2-6-18-13(11)22/h10-11H,1-9H2,(H,18,22)(H,19,21)/t11-/m0/s1. The van der Waals surface area contributed by atoms with Crippen LogP contribution in [-0.4, -0.2) is 55.1 Å². The zero-order valence-corrected chi connectivity index (χ0v) is 12.4. The molecular formula is C14H22F3N3O2. The molecule has 2 rings (SSSR count). The van der Waals surface area contributed by atoms with E-state index in [0.29, 0.717) is 25.8 Å². The summed E-state index contributed by atoms with van der Waals surface area (Å²) in [6.45, 7) is 0.219. The van der Waals surface area contributed by atoms with Crippen molar-refractivity contribution in [3.8, 4) is 0 Å². The largest absolute Gasteiger partial charge is 0.401 e. The Bertz CT molecular complexity index is 407. The van der Waals surface area contributed by atoms with Crippen LogP contribution in [0.1, 0.15) is 32.1 Å². The van der Waals surface area contributed by atoms with Crippen LogP contribution >= 0.6 is 0 Å². The lowest BCUT2D eigenvalue weighted by Crippen LogP contribution is -2.49. The van der Waals surface area contributed by atoms with Crippen molar-refractivity contribution in [3.05, 3.63) is 0 Å². The molecule has 0 saturated carbocycles. The molecule has 0 spiro atoms. The number of nitrogens with zero attached hydrogens (tertiary/aromatic N) is 1. The van der Waals surface area contributed by atoms with Crippen molar-refractivity contribution in [2.45, 2.75) is 44.3 Å². The van der Waals surface area contributed by atoms with Crippen LogP contribution in [-0.2, 0) is 9.59 Å². The SMILES string of the molecule is O=C(N[C@H]1CCCCNC1=O)C1CCN(CC(F)(F)F)CC1. The van der Waals surface area contributed by atoms with Gasteiger partial charge in [0.25, 0.3) is 0 Å². The van der Waals surface area contributed by atoms with Gasteiger partial charge in [-0.05, 0) is 45.2 Å². The first-order chi connectivity index (χ1) is 10.3. The van der Waals surface area contributed by atoms with Gasteiger partial charge in [0.2, 0.25) is 11.8 Å². The Balaban J connectivity index is 1.78. The smallest absolute Gasteiger partial charge is 0.354 e. The van der Waals surface area contributed by atoms with Gasteiger partial charge in [0.1, 0.15) is 6.04 Å². The molecule has 2 heterocycles. The minimum atomic E-state index is -4.20. The third kappa shape index (κ3) is 5.15. The van der Waals surface area contributed by atoms with Crippen molar-refractivity contribution in [1.82, 2.24) is 15.5 Å². The molecule has 2 N–H and O–H groups in total. The highest BCUT2D eigenvalue weighted by Crippen LogP contribution is 2.22. The van der Waals surface area contributed by atoms with E-state index in [-0.39, 0.29) is 30.8 Å². The van der Waals surface area contributed by atoms with Crippen molar-refractivity contribution >= 4 is 11.8 Å². The van der Waals surface area contributed by atoms with Gasteiger partial charge in [0.05, 0.1) is 6.54 Å². The number of halogens is 3. The highest BCUT2D eigenvalue weighted by molar-refractivity contribution is 5.88. The maximum Gasteiger partial charge on any atom is 0.401 e. The van der Waals surface area contributed by atoms with E-state index in [0.717, 1.165) is 12.8 Å². The molecule has 126 valence electrons. The maximum absolute atomic E-state index is 12.3. The van der Waals surface area contributed by atoms with E-state index in [1.165, 1.54) is 4.90 Å². The van der Waals surface area contributed by atoms with Crippen LogP contribution in [0.25, 0.3) is 0 Å². The van der Waals surface area contributed by atoms with Crippen LogP contribution in [0, 0.1) is 5.92 Å². The lowest BCUT2D eigenvalue weighted by atomic mass is 9.95. The number of hydrogen-bond acceptors (Lipinski definition) is 3. The number of hydrogen-bond donors (Lipinski definition) is 2. The summed E-state index contributed by atoms with van der Waals surface area (Å²) in [5.74, 6) is -0.686. The molecule has 2 amide bonds. The van der Waals surface area contributed by atoms with Crippen LogP contribution in [0.15, 0.2) is 0 Å².